The highest BCUT2D eigenvalue weighted by Crippen LogP contribution is 2.25. The molecule has 0 radical (unpaired) electrons. The Kier molecular flexibility index (Phi) is 6.65. The van der Waals surface area contributed by atoms with Gasteiger partial charge in [0.15, 0.2) is 6.61 Å². The summed E-state index contributed by atoms with van der Waals surface area (Å²) in [5, 5.41) is 2.70. The Balaban J connectivity index is 1.63. The van der Waals surface area contributed by atoms with Gasteiger partial charge in [0, 0.05) is 5.69 Å². The highest BCUT2D eigenvalue weighted by atomic mass is 32.2. The minimum Gasteiger partial charge on any atom is -0.484 e. The molecule has 6 nitrogen and oxygen atoms in total. The summed E-state index contributed by atoms with van der Waals surface area (Å²) in [6.45, 7) is 7.54. The van der Waals surface area contributed by atoms with Crippen LogP contribution in [0.15, 0.2) is 65.6 Å². The number of ether oxygens (including phenoxy) is 1. The lowest BCUT2D eigenvalue weighted by Gasteiger charge is -2.14. The molecule has 162 valence electrons. The van der Waals surface area contributed by atoms with Crippen LogP contribution < -0.4 is 14.8 Å². The van der Waals surface area contributed by atoms with Gasteiger partial charge >= 0.3 is 0 Å². The number of hydrogen-bond donors (Lipinski definition) is 2. The second-order valence-corrected chi connectivity index (χ2v) is 9.24. The highest BCUT2D eigenvalue weighted by Gasteiger charge is 2.17. The third-order valence-electron chi connectivity index (χ3n) is 4.75. The van der Waals surface area contributed by atoms with Crippen LogP contribution in [-0.4, -0.2) is 20.9 Å². The average molecular weight is 439 g/mol. The van der Waals surface area contributed by atoms with E-state index in [1.165, 1.54) is 12.1 Å². The zero-order chi connectivity index (χ0) is 22.6. The number of nitrogens with one attached hydrogen (secondary N) is 2. The van der Waals surface area contributed by atoms with Crippen molar-refractivity contribution in [2.45, 2.75) is 32.6 Å². The molecule has 7 heteroatoms. The summed E-state index contributed by atoms with van der Waals surface area (Å²) in [6, 6.07) is 17.3. The molecule has 0 atom stereocenters. The molecular weight excluding hydrogens is 412 g/mol. The molecule has 3 rings (SSSR count). The second kappa shape index (κ2) is 9.22. The molecule has 0 unspecified atom stereocenters. The van der Waals surface area contributed by atoms with Crippen molar-refractivity contribution in [3.63, 3.8) is 0 Å². The Labute approximate surface area is 183 Å². The first-order valence-electron chi connectivity index (χ1n) is 9.84. The number of amides is 1. The fourth-order valence-electron chi connectivity index (χ4n) is 3.23. The van der Waals surface area contributed by atoms with Crippen molar-refractivity contribution in [1.29, 1.82) is 0 Å². The summed E-state index contributed by atoms with van der Waals surface area (Å²) in [6.07, 6.45) is 0. The number of hydrogen-bond acceptors (Lipinski definition) is 4. The van der Waals surface area contributed by atoms with Gasteiger partial charge in [-0.2, -0.15) is 0 Å². The predicted molar refractivity (Wildman–Crippen MR) is 123 cm³/mol. The predicted octanol–water partition coefficient (Wildman–Crippen LogP) is 4.74. The van der Waals surface area contributed by atoms with Gasteiger partial charge in [0.1, 0.15) is 5.75 Å². The van der Waals surface area contributed by atoms with E-state index >= 15 is 0 Å². The molecule has 0 bridgehead atoms. The normalized spacial score (nSPS) is 11.1. The third kappa shape index (κ3) is 5.86. The molecule has 0 saturated heterocycles. The van der Waals surface area contributed by atoms with Gasteiger partial charge < -0.3 is 10.1 Å². The summed E-state index contributed by atoms with van der Waals surface area (Å²) in [4.78, 5) is 12.2. The van der Waals surface area contributed by atoms with E-state index in [2.05, 4.69) is 10.0 Å². The maximum Gasteiger partial charge on any atom is 0.262 e. The maximum atomic E-state index is 12.8. The standard InChI is InChI=1S/C24H26N2O4S/c1-16-5-9-21(10-6-16)30-15-23(27)25-20-7-11-22(12-8-20)31(28,29)26-24-18(3)13-17(2)14-19(24)4/h5-14,26H,15H2,1-4H3,(H,25,27). The minimum atomic E-state index is -3.75. The van der Waals surface area contributed by atoms with Gasteiger partial charge in [-0.1, -0.05) is 35.4 Å². The van der Waals surface area contributed by atoms with Crippen molar-refractivity contribution in [1.82, 2.24) is 0 Å². The molecule has 2 N–H and O–H groups in total. The Morgan fingerprint density at radius 2 is 1.42 bits per heavy atom. The molecule has 0 aliphatic heterocycles. The number of sulfonamides is 1. The number of rotatable bonds is 7. The van der Waals surface area contributed by atoms with E-state index < -0.39 is 10.0 Å². The van der Waals surface area contributed by atoms with Crippen molar-refractivity contribution < 1.29 is 17.9 Å². The molecule has 3 aromatic carbocycles. The highest BCUT2D eigenvalue weighted by molar-refractivity contribution is 7.92. The summed E-state index contributed by atoms with van der Waals surface area (Å²) < 4.78 is 33.7. The number of carbonyl (C=O) groups is 1. The topological polar surface area (TPSA) is 84.5 Å². The lowest BCUT2D eigenvalue weighted by atomic mass is 10.1. The molecular formula is C24H26N2O4S. The molecule has 0 aliphatic rings. The molecule has 0 aromatic heterocycles. The summed E-state index contributed by atoms with van der Waals surface area (Å²) in [5.41, 5.74) is 4.96. The van der Waals surface area contributed by atoms with Gasteiger partial charge in [-0.25, -0.2) is 8.42 Å². The van der Waals surface area contributed by atoms with E-state index in [0.717, 1.165) is 22.3 Å². The zero-order valence-electron chi connectivity index (χ0n) is 18.0. The largest absolute Gasteiger partial charge is 0.484 e. The third-order valence-corrected chi connectivity index (χ3v) is 6.12. The van der Waals surface area contributed by atoms with E-state index in [0.29, 0.717) is 17.1 Å². The van der Waals surface area contributed by atoms with Crippen molar-refractivity contribution in [2.24, 2.45) is 0 Å². The number of anilines is 2. The Morgan fingerprint density at radius 3 is 2.00 bits per heavy atom. The van der Waals surface area contributed by atoms with E-state index in [4.69, 9.17) is 4.74 Å². The lowest BCUT2D eigenvalue weighted by Crippen LogP contribution is -2.20. The number of aryl methyl sites for hydroxylation is 4. The molecule has 0 heterocycles. The van der Waals surface area contributed by atoms with E-state index in [9.17, 15) is 13.2 Å². The molecule has 31 heavy (non-hydrogen) atoms. The van der Waals surface area contributed by atoms with Crippen LogP contribution in [0.4, 0.5) is 11.4 Å². The van der Waals surface area contributed by atoms with Crippen LogP contribution in [0.5, 0.6) is 5.75 Å². The summed E-state index contributed by atoms with van der Waals surface area (Å²) >= 11 is 0. The lowest BCUT2D eigenvalue weighted by molar-refractivity contribution is -0.118. The van der Waals surface area contributed by atoms with E-state index in [-0.39, 0.29) is 17.4 Å². The monoisotopic (exact) mass is 438 g/mol. The first-order valence-corrected chi connectivity index (χ1v) is 11.3. The molecule has 0 saturated carbocycles. The molecule has 0 fully saturated rings. The molecule has 3 aromatic rings. The van der Waals surface area contributed by atoms with E-state index in [1.807, 2.05) is 52.0 Å². The van der Waals surface area contributed by atoms with Crippen LogP contribution >= 0.6 is 0 Å². The van der Waals surface area contributed by atoms with Crippen molar-refractivity contribution in [3.8, 4) is 5.75 Å². The van der Waals surface area contributed by atoms with E-state index in [1.54, 1.807) is 24.3 Å². The average Bonchev–Trinajstić information content (AvgIpc) is 2.71. The van der Waals surface area contributed by atoms with Gasteiger partial charge in [0.2, 0.25) is 0 Å². The molecule has 1 amide bonds. The Bertz CT molecular complexity index is 1160. The molecule has 0 aliphatic carbocycles. The van der Waals surface area contributed by atoms with Gasteiger partial charge in [-0.05, 0) is 75.2 Å². The van der Waals surface area contributed by atoms with Crippen LogP contribution in [0.25, 0.3) is 0 Å². The number of carbonyl (C=O) groups excluding carboxylic acids is 1. The Morgan fingerprint density at radius 1 is 0.839 bits per heavy atom. The van der Waals surface area contributed by atoms with Gasteiger partial charge in [0.05, 0.1) is 10.6 Å². The second-order valence-electron chi connectivity index (χ2n) is 7.55. The first kappa shape index (κ1) is 22.4. The molecule has 0 spiro atoms. The fraction of sp³-hybridized carbons (Fsp3) is 0.208. The van der Waals surface area contributed by atoms with Crippen LogP contribution in [0, 0.1) is 27.7 Å². The van der Waals surface area contributed by atoms with Crippen LogP contribution in [0.3, 0.4) is 0 Å². The van der Waals surface area contributed by atoms with Crippen molar-refractivity contribution in [2.75, 3.05) is 16.6 Å². The Hall–Kier alpha value is -3.32. The smallest absolute Gasteiger partial charge is 0.262 e. The summed E-state index contributed by atoms with van der Waals surface area (Å²) in [5.74, 6) is 0.273. The SMILES string of the molecule is Cc1ccc(OCC(=O)Nc2ccc(S(=O)(=O)Nc3c(C)cc(C)cc3C)cc2)cc1. The van der Waals surface area contributed by atoms with Crippen molar-refractivity contribution in [3.05, 3.63) is 82.9 Å². The number of benzene rings is 3. The van der Waals surface area contributed by atoms with Crippen LogP contribution in [0.1, 0.15) is 22.3 Å². The quantitative estimate of drug-likeness (QED) is 0.558. The van der Waals surface area contributed by atoms with Gasteiger partial charge in [-0.3, -0.25) is 9.52 Å². The van der Waals surface area contributed by atoms with Crippen LogP contribution in [0.2, 0.25) is 0 Å². The van der Waals surface area contributed by atoms with Crippen molar-refractivity contribution >= 4 is 27.3 Å². The minimum absolute atomic E-state index is 0.112. The van der Waals surface area contributed by atoms with Gasteiger partial charge in [-0.15, -0.1) is 0 Å². The summed E-state index contributed by atoms with van der Waals surface area (Å²) in [7, 11) is -3.75. The van der Waals surface area contributed by atoms with Crippen LogP contribution in [-0.2, 0) is 14.8 Å². The van der Waals surface area contributed by atoms with Gasteiger partial charge in [0.25, 0.3) is 15.9 Å². The maximum absolute atomic E-state index is 12.8. The zero-order valence-corrected chi connectivity index (χ0v) is 18.8. The fourth-order valence-corrected chi connectivity index (χ4v) is 4.44. The first-order chi connectivity index (χ1) is 14.6.